The molecule has 0 aliphatic carbocycles. The molecular weight excluding hydrogens is 429 g/mol. The van der Waals surface area contributed by atoms with Gasteiger partial charge in [0.15, 0.2) is 0 Å². The van der Waals surface area contributed by atoms with Crippen LogP contribution in [0.2, 0.25) is 0 Å². The summed E-state index contributed by atoms with van der Waals surface area (Å²) in [6.07, 6.45) is 18.4. The lowest BCUT2D eigenvalue weighted by molar-refractivity contribution is -0.870. The summed E-state index contributed by atoms with van der Waals surface area (Å²) in [5.74, 6) is 0. The molecule has 2 atom stereocenters. The highest BCUT2D eigenvalue weighted by molar-refractivity contribution is 7.45. The van der Waals surface area contributed by atoms with E-state index in [2.05, 4.69) is 19.1 Å². The van der Waals surface area contributed by atoms with Crippen molar-refractivity contribution < 1.29 is 32.8 Å². The average Bonchev–Trinajstić information content (AvgIpc) is 2.71. The van der Waals surface area contributed by atoms with Gasteiger partial charge in [-0.15, -0.1) is 0 Å². The van der Waals surface area contributed by atoms with Crippen LogP contribution in [0.5, 0.6) is 0 Å². The molecule has 0 fully saturated rings. The van der Waals surface area contributed by atoms with Crippen LogP contribution in [0.3, 0.4) is 0 Å². The molecule has 0 aliphatic rings. The maximum Gasteiger partial charge on any atom is 0.268 e. The van der Waals surface area contributed by atoms with Gasteiger partial charge in [-0.1, -0.05) is 70.4 Å². The molecule has 0 aromatic rings. The van der Waals surface area contributed by atoms with E-state index in [4.69, 9.17) is 13.8 Å². The Hall–Kier alpha value is -0.270. The minimum Gasteiger partial charge on any atom is -0.756 e. The zero-order valence-corrected chi connectivity index (χ0v) is 22.0. The Bertz CT molecular complexity index is 495. The summed E-state index contributed by atoms with van der Waals surface area (Å²) in [6.45, 7) is 3.10. The van der Waals surface area contributed by atoms with Gasteiger partial charge in [0.05, 0.1) is 34.4 Å². The third kappa shape index (κ3) is 24.4. The fourth-order valence-electron chi connectivity index (χ4n) is 2.99. The Labute approximate surface area is 197 Å². The summed E-state index contributed by atoms with van der Waals surface area (Å²) in [4.78, 5) is 11.7. The van der Waals surface area contributed by atoms with Crippen LogP contribution in [-0.4, -0.2) is 69.8 Å². The summed E-state index contributed by atoms with van der Waals surface area (Å²) in [7, 11) is 1.44. The zero-order chi connectivity index (χ0) is 24.1. The molecule has 0 rings (SSSR count). The third-order valence-corrected chi connectivity index (χ3v) is 6.01. The van der Waals surface area contributed by atoms with Crippen LogP contribution in [0.1, 0.15) is 84.0 Å². The number of ether oxygens (including phenoxy) is 1. The summed E-state index contributed by atoms with van der Waals surface area (Å²) in [5.41, 5.74) is 0. The van der Waals surface area contributed by atoms with Crippen molar-refractivity contribution in [2.75, 3.05) is 54.1 Å². The van der Waals surface area contributed by atoms with Crippen LogP contribution in [-0.2, 0) is 18.3 Å². The Morgan fingerprint density at radius 2 is 1.41 bits per heavy atom. The molecule has 192 valence electrons. The first-order valence-corrected chi connectivity index (χ1v) is 13.9. The predicted molar refractivity (Wildman–Crippen MR) is 129 cm³/mol. The van der Waals surface area contributed by atoms with Crippen molar-refractivity contribution in [3.63, 3.8) is 0 Å². The Balaban J connectivity index is 3.44. The predicted octanol–water partition coefficient (Wildman–Crippen LogP) is 4.83. The number of hydrogen-bond acceptors (Lipinski definition) is 6. The lowest BCUT2D eigenvalue weighted by Gasteiger charge is -2.27. The Morgan fingerprint density at radius 3 is 2.00 bits per heavy atom. The van der Waals surface area contributed by atoms with Crippen LogP contribution in [0.4, 0.5) is 0 Å². The lowest BCUT2D eigenvalue weighted by Crippen LogP contribution is -2.37. The van der Waals surface area contributed by atoms with Crippen LogP contribution >= 0.6 is 7.82 Å². The summed E-state index contributed by atoms with van der Waals surface area (Å²) < 4.78 is 27.2. The van der Waals surface area contributed by atoms with E-state index in [1.54, 1.807) is 0 Å². The lowest BCUT2D eigenvalue weighted by atomic mass is 10.1. The van der Waals surface area contributed by atoms with Gasteiger partial charge in [-0.3, -0.25) is 4.57 Å². The van der Waals surface area contributed by atoms with Gasteiger partial charge >= 0.3 is 0 Å². The molecule has 0 aromatic heterocycles. The molecule has 0 heterocycles. The normalized spacial score (nSPS) is 15.3. The molecule has 0 bridgehead atoms. The van der Waals surface area contributed by atoms with Crippen LogP contribution < -0.4 is 4.89 Å². The minimum atomic E-state index is -4.39. The van der Waals surface area contributed by atoms with Gasteiger partial charge < -0.3 is 28.3 Å². The highest BCUT2D eigenvalue weighted by Crippen LogP contribution is 2.38. The van der Waals surface area contributed by atoms with E-state index >= 15 is 0 Å². The number of phosphoric acid groups is 1. The van der Waals surface area contributed by atoms with Crippen molar-refractivity contribution in [2.45, 2.75) is 90.1 Å². The highest BCUT2D eigenvalue weighted by Gasteiger charge is 2.15. The second-order valence-corrected chi connectivity index (χ2v) is 11.0. The van der Waals surface area contributed by atoms with Gasteiger partial charge in [0.25, 0.3) is 7.82 Å². The van der Waals surface area contributed by atoms with E-state index in [1.165, 1.54) is 64.2 Å². The number of aliphatic hydroxyl groups excluding tert-OH is 1. The summed E-state index contributed by atoms with van der Waals surface area (Å²) >= 11 is 0. The molecule has 7 nitrogen and oxygen atoms in total. The van der Waals surface area contributed by atoms with Crippen LogP contribution in [0.25, 0.3) is 0 Å². The van der Waals surface area contributed by atoms with Crippen molar-refractivity contribution >= 4 is 7.82 Å². The van der Waals surface area contributed by atoms with Gasteiger partial charge in [-0.2, -0.15) is 0 Å². The van der Waals surface area contributed by atoms with E-state index in [9.17, 15) is 14.6 Å². The molecule has 0 aliphatic heterocycles. The number of quaternary nitrogens is 1. The maximum absolute atomic E-state index is 11.7. The van der Waals surface area contributed by atoms with E-state index in [0.29, 0.717) is 17.6 Å². The van der Waals surface area contributed by atoms with Crippen LogP contribution in [0, 0.1) is 0 Å². The minimum absolute atomic E-state index is 0.0490. The number of phosphoric ester groups is 1. The quantitative estimate of drug-likeness (QED) is 0.0977. The van der Waals surface area contributed by atoms with Gasteiger partial charge in [0.1, 0.15) is 19.3 Å². The smallest absolute Gasteiger partial charge is 0.268 e. The highest BCUT2D eigenvalue weighted by atomic mass is 31.2. The van der Waals surface area contributed by atoms with E-state index < -0.39 is 13.9 Å². The van der Waals surface area contributed by atoms with Crippen molar-refractivity contribution in [1.29, 1.82) is 0 Å². The first kappa shape index (κ1) is 31.7. The molecule has 8 heteroatoms. The van der Waals surface area contributed by atoms with Gasteiger partial charge in [-0.05, 0) is 25.7 Å². The number of rotatable bonds is 23. The number of unbranched alkanes of at least 4 members (excludes halogenated alkanes) is 10. The zero-order valence-electron chi connectivity index (χ0n) is 21.1. The largest absolute Gasteiger partial charge is 0.756 e. The van der Waals surface area contributed by atoms with Crippen molar-refractivity contribution in [2.24, 2.45) is 0 Å². The van der Waals surface area contributed by atoms with Gasteiger partial charge in [0.2, 0.25) is 0 Å². The van der Waals surface area contributed by atoms with Crippen molar-refractivity contribution in [3.8, 4) is 0 Å². The Morgan fingerprint density at radius 1 is 0.844 bits per heavy atom. The van der Waals surface area contributed by atoms with E-state index in [-0.39, 0.29) is 19.8 Å². The van der Waals surface area contributed by atoms with E-state index in [1.807, 2.05) is 21.1 Å². The number of likely N-dealkylation sites (N-methyl/N-ethyl adjacent to an activating group) is 1. The van der Waals surface area contributed by atoms with Crippen molar-refractivity contribution in [1.82, 2.24) is 0 Å². The maximum atomic E-state index is 11.7. The SMILES string of the molecule is CCCC/C=C\CCCCCCCCCCOC[C@@H](O)COP(=O)([O-])OCC[N+](C)(C)C. The molecule has 0 radical (unpaired) electrons. The molecule has 32 heavy (non-hydrogen) atoms. The van der Waals surface area contributed by atoms with E-state index in [0.717, 1.165) is 12.8 Å². The van der Waals surface area contributed by atoms with Crippen LogP contribution in [0.15, 0.2) is 12.2 Å². The number of hydrogen-bond donors (Lipinski definition) is 1. The fraction of sp³-hybridized carbons (Fsp3) is 0.917. The third-order valence-electron chi connectivity index (χ3n) is 5.05. The standard InChI is InChI=1S/C24H50NO6P/c1-5-6-7-8-9-10-11-12-13-14-15-16-17-18-20-29-22-24(26)23-31-32(27,28)30-21-19-25(2,3)4/h8-9,24,26H,5-7,10-23H2,1-4H3/b9-8-/t24-/m1/s1. The van der Waals surface area contributed by atoms with Gasteiger partial charge in [0, 0.05) is 6.61 Å². The second kappa shape index (κ2) is 20.1. The molecule has 1 N–H and O–H groups in total. The Kier molecular flexibility index (Phi) is 20.0. The molecule has 0 amide bonds. The second-order valence-electron chi connectivity index (χ2n) is 9.55. The first-order chi connectivity index (χ1) is 15.2. The molecule has 0 saturated heterocycles. The molecule has 1 unspecified atom stereocenters. The molecule has 0 aromatic carbocycles. The molecular formula is C24H50NO6P. The molecule has 0 spiro atoms. The number of allylic oxidation sites excluding steroid dienone is 2. The number of aliphatic hydroxyl groups is 1. The molecule has 0 saturated carbocycles. The monoisotopic (exact) mass is 479 g/mol. The average molecular weight is 480 g/mol. The van der Waals surface area contributed by atoms with Gasteiger partial charge in [-0.25, -0.2) is 0 Å². The topological polar surface area (TPSA) is 88.0 Å². The number of nitrogens with zero attached hydrogens (tertiary/aromatic N) is 1. The summed E-state index contributed by atoms with van der Waals surface area (Å²) in [5, 5.41) is 9.81. The first-order valence-electron chi connectivity index (χ1n) is 12.5. The van der Waals surface area contributed by atoms with Crippen molar-refractivity contribution in [3.05, 3.63) is 12.2 Å². The fourth-order valence-corrected chi connectivity index (χ4v) is 3.73. The summed E-state index contributed by atoms with van der Waals surface area (Å²) in [6, 6.07) is 0.